The SMILES string of the molecule is C.CC(=O)c1c(C2CCOCC2)nn2c1CCC2.CCOC(=O)C/C(=N/N1CCCC1=O)C1CCOCC1.CCOC(=O)CC(=O)C1CCOCC1.CCOC(=O)c1c(C2CCOCC2)nn2c1CCC2.CNOC.CON(C)C(=O)c1c(C2CCOCC2)nn2c1CCC2.Cl.Cl.NN1CCCC1=O.O=C(O)c1c(C2CCOCC2)nn2c1CCC2.O=CO[O-].[Br-].[CH3-].[Cs+].[Cs+].[H-].[Mg+2].[Na+].[OH-]. The number of aromatic nitrogens is 8. The number of Topliss-reactive ketones (excluding diaryl/α,β-unsaturated/α-hetero) is 2. The molecule has 0 saturated carbocycles. The van der Waals surface area contributed by atoms with E-state index in [0.29, 0.717) is 102 Å². The van der Waals surface area contributed by atoms with E-state index in [9.17, 15) is 48.3 Å². The zero-order chi connectivity index (χ0) is 87.9. The Labute approximate surface area is 957 Å². The van der Waals surface area contributed by atoms with Crippen molar-refractivity contribution in [3.05, 3.63) is 75.2 Å². The first kappa shape index (κ1) is 134. The number of carboxylic acids is 1. The minimum Gasteiger partial charge on any atom is -1.00 e. The summed E-state index contributed by atoms with van der Waals surface area (Å²) in [7, 11) is 6.44. The molecule has 4 aromatic rings. The minimum atomic E-state index is -0.824. The van der Waals surface area contributed by atoms with E-state index in [1.54, 1.807) is 42.0 Å². The van der Waals surface area contributed by atoms with E-state index in [-0.39, 0.29) is 332 Å². The van der Waals surface area contributed by atoms with Crippen molar-refractivity contribution in [3.63, 3.8) is 0 Å². The van der Waals surface area contributed by atoms with Gasteiger partial charge in [0.1, 0.15) is 23.3 Å². The quantitative estimate of drug-likeness (QED) is 0.00583. The van der Waals surface area contributed by atoms with Gasteiger partial charge in [-0.25, -0.2) is 31.0 Å². The molecule has 16 rings (SSSR count). The number of amides is 3. The number of fused-ring (bicyclic) bond motifs is 4. The Hall–Kier alpha value is -1.94. The minimum absolute atomic E-state index is 0. The molecule has 39 nitrogen and oxygen atoms in total. The second-order valence-corrected chi connectivity index (χ2v) is 31.0. The van der Waals surface area contributed by atoms with Crippen LogP contribution < -0.4 is 201 Å². The standard InChI is InChI=1S/C14H21N3O3.C14H22N2O4.C14H20N2O3.C13H18N2O2.C12H16N2O3.C10H16O4.C4H8N2O.C2H7NO.CH2O3.CH4.CH3.BrH.2ClH.2Cs.Mg.Na.H2O.H/c1-16(19-2)14(18)12-11-4-3-7-17(11)15-13(12)10-5-8-20-9-6-10;1-2-20-14(18)10-12(11-5-8-19-9-6-11)15-16-7-3-4-13(16)17;1-2-19-14(17)12-11-4-3-7-16(11)15-13(12)10-5-8-18-9-6-10;1-9(16)12-11-3-2-6-15(11)14-13(12)10-4-7-17-8-5-10;15-12(16)10-9-2-1-5-14(9)13-11(10)8-3-6-17-7-4-8;1-2-14-10(12)7-9(11)8-3-5-13-6-4-8;5-6-3-1-2-4(6)7;1-3-4-2;2-1-4-3;;;;;;;;;;;/h10H,3-9H2,1-2H3;11H,2-10H2,1H3;10H,2-9H2,1H3;10H,2-8H2,1H3;8H,1-7H2,(H,15,16);8H,2-7H2,1H3;1-3,5H2;3H,1-2H3;1,3H;1H4;1H3;3*1H;;;;;1H2;/q;;;;;;;;;;-1;;;;2*+1;+2;+1;;-1/p-3/b;15-12-;;;;;;;;;;;;;;;;;;. The summed E-state index contributed by atoms with van der Waals surface area (Å²) in [6.45, 7) is 21.7. The number of esters is 3. The van der Waals surface area contributed by atoms with Gasteiger partial charge in [0.25, 0.3) is 12.4 Å². The molecule has 730 valence electrons. The summed E-state index contributed by atoms with van der Waals surface area (Å²) in [6.07, 6.45) is 21.7. The number of hydrogen-bond donors (Lipinski definition) is 3. The molecule has 0 atom stereocenters. The third kappa shape index (κ3) is 41.6. The monoisotopic (exact) mass is 2230 g/mol. The predicted octanol–water partition coefficient (Wildman–Crippen LogP) is -3.93. The number of aryl methyl sites for hydroxylation is 4. The summed E-state index contributed by atoms with van der Waals surface area (Å²) >= 11 is 0. The number of carbonyl (C=O) groups excluding carboxylic acids is 9. The number of hydroxylamine groups is 3. The molecule has 46 heteroatoms. The number of nitrogens with two attached hydrogens (primary N) is 1. The molecule has 3 amide bonds. The summed E-state index contributed by atoms with van der Waals surface area (Å²) in [5.41, 5.74) is 14.0. The largest absolute Gasteiger partial charge is 2.00 e. The van der Waals surface area contributed by atoms with Crippen molar-refractivity contribution in [2.75, 3.05) is 141 Å². The van der Waals surface area contributed by atoms with Gasteiger partial charge in [-0.05, 0) is 169 Å². The van der Waals surface area contributed by atoms with Crippen molar-refractivity contribution in [3.8, 4) is 0 Å². The molecular weight excluding hydrogens is 2090 g/mol. The van der Waals surface area contributed by atoms with Gasteiger partial charge in [0.15, 0.2) is 5.78 Å². The average Bonchev–Trinajstić information content (AvgIpc) is 1.64. The number of aromatic carboxylic acids is 1. The first-order chi connectivity index (χ1) is 59.1. The van der Waals surface area contributed by atoms with E-state index in [1.807, 2.05) is 25.7 Å². The van der Waals surface area contributed by atoms with Crippen LogP contribution in [0.4, 0.5) is 0 Å². The number of hydrazone groups is 1. The van der Waals surface area contributed by atoms with Gasteiger partial charge in [-0.2, -0.15) is 25.5 Å². The van der Waals surface area contributed by atoms with Crippen LogP contribution in [-0.4, -0.2) is 294 Å². The summed E-state index contributed by atoms with van der Waals surface area (Å²) in [5, 5.41) is 44.9. The van der Waals surface area contributed by atoms with Crippen LogP contribution in [0.25, 0.3) is 0 Å². The van der Waals surface area contributed by atoms with Crippen LogP contribution in [0.2, 0.25) is 0 Å². The number of carboxylic acid groups (broad SMARTS) is 1. The molecule has 0 unspecified atom stereocenters. The number of rotatable bonds is 21. The molecule has 0 aliphatic carbocycles. The third-order valence-electron chi connectivity index (χ3n) is 23.0. The van der Waals surface area contributed by atoms with Crippen LogP contribution >= 0.6 is 24.8 Å². The number of carbonyl (C=O) groups is 10. The van der Waals surface area contributed by atoms with Gasteiger partial charge >= 0.3 is 214 Å². The summed E-state index contributed by atoms with van der Waals surface area (Å²) in [6, 6.07) is 0. The van der Waals surface area contributed by atoms with Crippen LogP contribution in [0, 0.1) is 19.3 Å². The van der Waals surface area contributed by atoms with Gasteiger partial charge in [-0.15, -0.1) is 24.8 Å². The second-order valence-electron chi connectivity index (χ2n) is 31.0. The van der Waals surface area contributed by atoms with E-state index in [1.165, 1.54) is 27.9 Å². The van der Waals surface area contributed by atoms with Crippen LogP contribution in [0.5, 0.6) is 0 Å². The van der Waals surface area contributed by atoms with E-state index in [0.717, 1.165) is 276 Å². The Balaban J connectivity index is -0.000000717. The zero-order valence-electron chi connectivity index (χ0n) is 79.9. The van der Waals surface area contributed by atoms with Crippen molar-refractivity contribution in [1.82, 2.24) is 59.7 Å². The maximum Gasteiger partial charge on any atom is 2.00 e. The van der Waals surface area contributed by atoms with Gasteiger partial charge in [0, 0.05) is 187 Å². The molecule has 132 heavy (non-hydrogen) atoms. The fourth-order valence-electron chi connectivity index (χ4n) is 16.7. The first-order valence-electron chi connectivity index (χ1n) is 43.4. The molecule has 8 saturated heterocycles. The van der Waals surface area contributed by atoms with Gasteiger partial charge in [-0.1, -0.05) is 7.43 Å². The first-order valence-corrected chi connectivity index (χ1v) is 43.4. The van der Waals surface area contributed by atoms with Crippen LogP contribution in [0.1, 0.15) is 288 Å². The van der Waals surface area contributed by atoms with Crippen molar-refractivity contribution >= 4 is 113 Å². The van der Waals surface area contributed by atoms with E-state index < -0.39 is 11.9 Å². The predicted molar refractivity (Wildman–Crippen MR) is 473 cm³/mol. The molecular formula is C86H140BrCl2Cs2MgN14NaO25. The fourth-order valence-corrected chi connectivity index (χ4v) is 16.7. The molecule has 12 aliphatic heterocycles. The Morgan fingerprint density at radius 3 is 1.17 bits per heavy atom. The molecule has 0 aromatic carbocycles. The summed E-state index contributed by atoms with van der Waals surface area (Å²) < 4.78 is 54.8. The fraction of sp³-hybridized carbons (Fsp3) is 0.721. The number of nitrogens with one attached hydrogen (secondary N) is 1. The number of halogens is 3. The zero-order valence-corrected chi connectivity index (χ0v) is 98.1. The molecule has 16 heterocycles. The van der Waals surface area contributed by atoms with Gasteiger partial charge in [0.2, 0.25) is 11.8 Å². The van der Waals surface area contributed by atoms with Gasteiger partial charge in [0.05, 0.1) is 97.2 Å². The topological polar surface area (TPSA) is 486 Å². The van der Waals surface area contributed by atoms with E-state index in [2.05, 4.69) is 35.6 Å². The van der Waals surface area contributed by atoms with Gasteiger partial charge in [-0.3, -0.25) is 66.9 Å². The average molecular weight is 2230 g/mol. The van der Waals surface area contributed by atoms with Crippen LogP contribution in [0.3, 0.4) is 0 Å². The maximum atomic E-state index is 12.6. The van der Waals surface area contributed by atoms with Crippen molar-refractivity contribution in [2.45, 2.75) is 252 Å². The molecule has 0 radical (unpaired) electrons. The number of hydrazine groups is 1. The number of hydrogen-bond acceptors (Lipinski definition) is 31. The Bertz CT molecular complexity index is 4010. The molecule has 12 aliphatic rings. The van der Waals surface area contributed by atoms with Gasteiger partial charge < -0.3 is 94.0 Å². The van der Waals surface area contributed by atoms with Crippen LogP contribution in [-0.2, 0) is 138 Å². The Kier molecular flexibility index (Phi) is 75.3. The number of ketones is 2. The smallest absolute Gasteiger partial charge is 1.00 e. The van der Waals surface area contributed by atoms with Crippen molar-refractivity contribution in [1.29, 1.82) is 0 Å². The van der Waals surface area contributed by atoms with E-state index in [4.69, 9.17) is 68.5 Å². The maximum absolute atomic E-state index is 12.6. The Morgan fingerprint density at radius 2 is 0.856 bits per heavy atom. The van der Waals surface area contributed by atoms with E-state index >= 15 is 0 Å². The van der Waals surface area contributed by atoms with Crippen molar-refractivity contribution < 1.29 is 307 Å². The summed E-state index contributed by atoms with van der Waals surface area (Å²) in [5.74, 6) is 5.18. The molecule has 0 bridgehead atoms. The Morgan fingerprint density at radius 1 is 0.538 bits per heavy atom. The molecule has 5 N–H and O–H groups in total. The molecule has 0 spiro atoms. The number of ether oxygens (including phenoxy) is 9. The van der Waals surface area contributed by atoms with Crippen molar-refractivity contribution in [2.24, 2.45) is 22.8 Å². The molecule has 8 fully saturated rings. The van der Waals surface area contributed by atoms with Crippen LogP contribution in [0.15, 0.2) is 5.10 Å². The second kappa shape index (κ2) is 74.1. The third-order valence-corrected chi connectivity index (χ3v) is 23.0. The molecule has 4 aromatic heterocycles. The summed E-state index contributed by atoms with van der Waals surface area (Å²) in [4.78, 5) is 125. The normalized spacial score (nSPS) is 17.6. The number of nitrogens with zero attached hydrogens (tertiary/aromatic N) is 12.